The Bertz CT molecular complexity index is 491. The lowest BCUT2D eigenvalue weighted by molar-refractivity contribution is -0.147. The summed E-state index contributed by atoms with van der Waals surface area (Å²) in [5.74, 6) is -6.18. The highest BCUT2D eigenvalue weighted by Gasteiger charge is 2.41. The highest BCUT2D eigenvalue weighted by atomic mass is 19.3. The molecule has 0 saturated heterocycles. The molecule has 110 valence electrons. The van der Waals surface area contributed by atoms with Gasteiger partial charge >= 0.3 is 5.92 Å². The van der Waals surface area contributed by atoms with Gasteiger partial charge < -0.3 is 20.9 Å². The number of nitrogens with two attached hydrogens (primary N) is 1. The molecule has 0 bridgehead atoms. The summed E-state index contributed by atoms with van der Waals surface area (Å²) >= 11 is 0. The number of amides is 2. The second-order valence-corrected chi connectivity index (χ2v) is 3.93. The Kier molecular flexibility index (Phi) is 4.98. The fraction of sp³-hybridized carbons (Fsp3) is 0.333. The van der Waals surface area contributed by atoms with E-state index in [1.807, 2.05) is 0 Å². The number of halogens is 2. The first-order valence-electron chi connectivity index (χ1n) is 5.57. The summed E-state index contributed by atoms with van der Waals surface area (Å²) in [6.07, 6.45) is -1.72. The number of carbonyl (C=O) groups is 2. The van der Waals surface area contributed by atoms with Crippen molar-refractivity contribution in [2.45, 2.75) is 12.0 Å². The van der Waals surface area contributed by atoms with Crippen molar-refractivity contribution in [3.8, 4) is 5.75 Å². The summed E-state index contributed by atoms with van der Waals surface area (Å²) in [5, 5.41) is 10.8. The zero-order chi connectivity index (χ0) is 15.3. The lowest BCUT2D eigenvalue weighted by atomic mass is 10.1. The Morgan fingerprint density at radius 2 is 1.95 bits per heavy atom. The molecule has 4 N–H and O–H groups in total. The first-order valence-corrected chi connectivity index (χ1v) is 5.57. The van der Waals surface area contributed by atoms with Crippen LogP contribution >= 0.6 is 0 Å². The minimum atomic E-state index is -3.80. The second-order valence-electron chi connectivity index (χ2n) is 3.93. The second kappa shape index (κ2) is 6.29. The number of alkyl halides is 2. The third-order valence-corrected chi connectivity index (χ3v) is 2.52. The molecule has 0 saturated carbocycles. The van der Waals surface area contributed by atoms with Crippen molar-refractivity contribution in [1.29, 1.82) is 0 Å². The minimum Gasteiger partial charge on any atom is -0.497 e. The third-order valence-electron chi connectivity index (χ3n) is 2.52. The number of hydrogen-bond donors (Lipinski definition) is 3. The minimum absolute atomic E-state index is 0.370. The number of rotatable bonds is 6. The molecular weight excluding hydrogens is 274 g/mol. The van der Waals surface area contributed by atoms with Crippen molar-refractivity contribution in [3.63, 3.8) is 0 Å². The first kappa shape index (κ1) is 15.8. The monoisotopic (exact) mass is 288 g/mol. The molecule has 0 aliphatic rings. The van der Waals surface area contributed by atoms with Gasteiger partial charge in [-0.1, -0.05) is 0 Å². The van der Waals surface area contributed by atoms with E-state index in [1.54, 1.807) is 5.32 Å². The molecule has 0 spiro atoms. The van der Waals surface area contributed by atoms with Gasteiger partial charge in [-0.2, -0.15) is 8.78 Å². The van der Waals surface area contributed by atoms with E-state index in [1.165, 1.54) is 19.2 Å². The van der Waals surface area contributed by atoms with Crippen LogP contribution in [0.4, 0.5) is 8.78 Å². The number of aliphatic hydroxyl groups excluding tert-OH is 1. The van der Waals surface area contributed by atoms with Gasteiger partial charge in [0.15, 0.2) is 0 Å². The van der Waals surface area contributed by atoms with Crippen LogP contribution in [-0.4, -0.2) is 36.7 Å². The topological polar surface area (TPSA) is 102 Å². The van der Waals surface area contributed by atoms with Gasteiger partial charge in [-0.3, -0.25) is 9.59 Å². The lowest BCUT2D eigenvalue weighted by Crippen LogP contribution is -2.45. The van der Waals surface area contributed by atoms with E-state index in [2.05, 4.69) is 0 Å². The summed E-state index contributed by atoms with van der Waals surface area (Å²) < 4.78 is 32.4. The summed E-state index contributed by atoms with van der Waals surface area (Å²) in [7, 11) is 1.38. The SMILES string of the molecule is COc1ccc(C(F)(F)C(=O)NCC(O)C(N)=O)cc1. The van der Waals surface area contributed by atoms with Crippen LogP contribution in [0.3, 0.4) is 0 Å². The number of aliphatic hydroxyl groups is 1. The molecule has 20 heavy (non-hydrogen) atoms. The number of primary amides is 1. The average molecular weight is 288 g/mol. The number of methoxy groups -OCH3 is 1. The van der Waals surface area contributed by atoms with Crippen molar-refractivity contribution >= 4 is 11.8 Å². The van der Waals surface area contributed by atoms with Crippen LogP contribution in [0.5, 0.6) is 5.75 Å². The maximum Gasteiger partial charge on any atom is 0.349 e. The molecule has 2 amide bonds. The van der Waals surface area contributed by atoms with Crippen LogP contribution in [0.15, 0.2) is 24.3 Å². The van der Waals surface area contributed by atoms with Crippen molar-refractivity contribution < 1.29 is 28.2 Å². The van der Waals surface area contributed by atoms with Gasteiger partial charge in [-0.05, 0) is 24.3 Å². The molecule has 0 radical (unpaired) electrons. The standard InChI is InChI=1S/C12H14F2N2O4/c1-20-8-4-2-7(3-5-8)12(13,14)11(19)16-6-9(17)10(15)18/h2-5,9,17H,6H2,1H3,(H2,15,18)(H,16,19). The highest BCUT2D eigenvalue weighted by Crippen LogP contribution is 2.29. The smallest absolute Gasteiger partial charge is 0.349 e. The zero-order valence-electron chi connectivity index (χ0n) is 10.6. The molecule has 0 aliphatic heterocycles. The van der Waals surface area contributed by atoms with E-state index in [9.17, 15) is 18.4 Å². The Labute approximate surface area is 113 Å². The number of hydrogen-bond acceptors (Lipinski definition) is 4. The van der Waals surface area contributed by atoms with Gasteiger partial charge in [0, 0.05) is 5.56 Å². The van der Waals surface area contributed by atoms with Crippen molar-refractivity contribution in [2.24, 2.45) is 5.73 Å². The van der Waals surface area contributed by atoms with Crippen LogP contribution in [0, 0.1) is 0 Å². The van der Waals surface area contributed by atoms with E-state index in [-0.39, 0.29) is 0 Å². The summed E-state index contributed by atoms with van der Waals surface area (Å²) in [6.45, 7) is -0.681. The molecule has 1 aromatic carbocycles. The van der Waals surface area contributed by atoms with Gasteiger partial charge in [0.2, 0.25) is 5.91 Å². The van der Waals surface area contributed by atoms with Crippen molar-refractivity contribution in [1.82, 2.24) is 5.32 Å². The molecule has 0 aromatic heterocycles. The zero-order valence-corrected chi connectivity index (χ0v) is 10.6. The molecule has 0 aliphatic carbocycles. The van der Waals surface area contributed by atoms with E-state index < -0.39 is 35.9 Å². The Morgan fingerprint density at radius 3 is 2.40 bits per heavy atom. The molecule has 1 unspecified atom stereocenters. The number of benzene rings is 1. The van der Waals surface area contributed by atoms with Crippen LogP contribution in [0.25, 0.3) is 0 Å². The van der Waals surface area contributed by atoms with Gasteiger partial charge in [0.25, 0.3) is 5.91 Å². The van der Waals surface area contributed by atoms with E-state index in [0.717, 1.165) is 12.1 Å². The largest absolute Gasteiger partial charge is 0.497 e. The number of carbonyl (C=O) groups excluding carboxylic acids is 2. The fourth-order valence-electron chi connectivity index (χ4n) is 1.33. The molecule has 1 rings (SSSR count). The van der Waals surface area contributed by atoms with Crippen molar-refractivity contribution in [3.05, 3.63) is 29.8 Å². The summed E-state index contributed by atoms with van der Waals surface area (Å²) in [5.41, 5.74) is 4.20. The Morgan fingerprint density at radius 1 is 1.40 bits per heavy atom. The molecule has 8 heteroatoms. The predicted molar refractivity (Wildman–Crippen MR) is 65.1 cm³/mol. The molecule has 0 fully saturated rings. The first-order chi connectivity index (χ1) is 9.28. The van der Waals surface area contributed by atoms with Gasteiger partial charge in [-0.15, -0.1) is 0 Å². The number of nitrogens with one attached hydrogen (secondary N) is 1. The Hall–Kier alpha value is -2.22. The highest BCUT2D eigenvalue weighted by molar-refractivity contribution is 5.86. The van der Waals surface area contributed by atoms with E-state index in [4.69, 9.17) is 15.6 Å². The van der Waals surface area contributed by atoms with Crippen LogP contribution in [0.1, 0.15) is 5.56 Å². The third kappa shape index (κ3) is 3.64. The summed E-state index contributed by atoms with van der Waals surface area (Å²) in [4.78, 5) is 21.9. The average Bonchev–Trinajstić information content (AvgIpc) is 2.44. The summed E-state index contributed by atoms with van der Waals surface area (Å²) in [6, 6.07) is 4.66. The van der Waals surface area contributed by atoms with Crippen LogP contribution in [0.2, 0.25) is 0 Å². The fourth-order valence-corrected chi connectivity index (χ4v) is 1.33. The maximum absolute atomic E-state index is 13.8. The Balaban J connectivity index is 2.75. The molecule has 6 nitrogen and oxygen atoms in total. The molecular formula is C12H14F2N2O4. The van der Waals surface area contributed by atoms with Crippen LogP contribution < -0.4 is 15.8 Å². The van der Waals surface area contributed by atoms with Crippen molar-refractivity contribution in [2.75, 3.05) is 13.7 Å². The molecule has 1 atom stereocenters. The lowest BCUT2D eigenvalue weighted by Gasteiger charge is -2.17. The molecule has 1 aromatic rings. The van der Waals surface area contributed by atoms with Crippen LogP contribution in [-0.2, 0) is 15.5 Å². The quantitative estimate of drug-likeness (QED) is 0.671. The van der Waals surface area contributed by atoms with E-state index in [0.29, 0.717) is 5.75 Å². The van der Waals surface area contributed by atoms with Gasteiger partial charge in [-0.25, -0.2) is 0 Å². The normalized spacial score (nSPS) is 12.6. The maximum atomic E-state index is 13.8. The van der Waals surface area contributed by atoms with Gasteiger partial charge in [0.05, 0.1) is 13.7 Å². The van der Waals surface area contributed by atoms with Gasteiger partial charge in [0.1, 0.15) is 11.9 Å². The predicted octanol–water partition coefficient (Wildman–Crippen LogP) is -0.251. The number of ether oxygens (including phenoxy) is 1. The van der Waals surface area contributed by atoms with E-state index >= 15 is 0 Å². The molecule has 0 heterocycles.